The van der Waals surface area contributed by atoms with Gasteiger partial charge in [-0.2, -0.15) is 0 Å². The van der Waals surface area contributed by atoms with Gasteiger partial charge in [-0.1, -0.05) is 55.5 Å². The lowest BCUT2D eigenvalue weighted by Gasteiger charge is -2.55. The molecule has 1 fully saturated rings. The maximum Gasteiger partial charge on any atom is 0.222 e. The van der Waals surface area contributed by atoms with E-state index in [4.69, 9.17) is 0 Å². The fourth-order valence-corrected chi connectivity index (χ4v) is 4.20. The summed E-state index contributed by atoms with van der Waals surface area (Å²) in [5.74, 6) is -0.120. The fraction of sp³-hybridized carbons (Fsp3) is 0.391. The van der Waals surface area contributed by atoms with Crippen molar-refractivity contribution in [3.63, 3.8) is 0 Å². The molecule has 1 aliphatic heterocycles. The van der Waals surface area contributed by atoms with Gasteiger partial charge in [0.25, 0.3) is 0 Å². The number of hydrogen-bond donors (Lipinski definition) is 2. The average Bonchev–Trinajstić information content (AvgIpc) is 2.68. The molecule has 0 bridgehead atoms. The average molecular weight is 380 g/mol. The van der Waals surface area contributed by atoms with Gasteiger partial charge in [-0.25, -0.2) is 0 Å². The number of nitrogens with zero attached hydrogens (tertiary/aromatic N) is 1. The van der Waals surface area contributed by atoms with Crippen molar-refractivity contribution in [3.05, 3.63) is 59.7 Å². The summed E-state index contributed by atoms with van der Waals surface area (Å²) in [6.45, 7) is 5.68. The Morgan fingerprint density at radius 2 is 1.75 bits per heavy atom. The van der Waals surface area contributed by atoms with Gasteiger partial charge >= 0.3 is 0 Å². The second kappa shape index (κ2) is 8.57. The van der Waals surface area contributed by atoms with Crippen LogP contribution in [0.15, 0.2) is 48.5 Å². The lowest BCUT2D eigenvalue weighted by Crippen LogP contribution is -2.68. The molecule has 28 heavy (non-hydrogen) atoms. The van der Waals surface area contributed by atoms with Crippen LogP contribution < -0.4 is 5.32 Å². The van der Waals surface area contributed by atoms with E-state index in [1.807, 2.05) is 19.1 Å². The minimum absolute atomic E-state index is 0.00160. The highest BCUT2D eigenvalue weighted by Gasteiger charge is 2.50. The quantitative estimate of drug-likeness (QED) is 0.810. The Morgan fingerprint density at radius 1 is 1.07 bits per heavy atom. The van der Waals surface area contributed by atoms with Crippen LogP contribution in [-0.2, 0) is 9.59 Å². The van der Waals surface area contributed by atoms with E-state index < -0.39 is 0 Å². The van der Waals surface area contributed by atoms with E-state index in [2.05, 4.69) is 48.6 Å². The third kappa shape index (κ3) is 3.80. The molecular formula is C23H28N2O3. The van der Waals surface area contributed by atoms with Gasteiger partial charge in [-0.15, -0.1) is 0 Å². The van der Waals surface area contributed by atoms with E-state index in [1.54, 1.807) is 4.90 Å². The predicted octanol–water partition coefficient (Wildman–Crippen LogP) is 2.86. The molecule has 1 saturated heterocycles. The molecule has 2 amide bonds. The lowest BCUT2D eigenvalue weighted by molar-refractivity contribution is -0.150. The Labute approximate surface area is 166 Å². The molecular weight excluding hydrogens is 352 g/mol. The van der Waals surface area contributed by atoms with Crippen LogP contribution in [-0.4, -0.2) is 47.1 Å². The summed E-state index contributed by atoms with van der Waals surface area (Å²) >= 11 is 0. The molecule has 0 aliphatic carbocycles. The number of carbonyl (C=O) groups excluding carboxylic acids is 2. The normalized spacial score (nSPS) is 21.1. The first kappa shape index (κ1) is 20.1. The van der Waals surface area contributed by atoms with Gasteiger partial charge < -0.3 is 15.3 Å². The Hall–Kier alpha value is -2.66. The molecule has 5 heteroatoms. The summed E-state index contributed by atoms with van der Waals surface area (Å²) in [6, 6.07) is 16.2. The third-order valence-electron chi connectivity index (χ3n) is 5.63. The Kier molecular flexibility index (Phi) is 6.15. The van der Waals surface area contributed by atoms with Crippen molar-refractivity contribution in [2.24, 2.45) is 0 Å². The molecule has 0 radical (unpaired) electrons. The molecule has 0 spiro atoms. The number of benzene rings is 2. The van der Waals surface area contributed by atoms with Gasteiger partial charge in [0.05, 0.1) is 18.7 Å². The lowest BCUT2D eigenvalue weighted by atomic mass is 9.74. The largest absolute Gasteiger partial charge is 0.394 e. The minimum Gasteiger partial charge on any atom is -0.394 e. The van der Waals surface area contributed by atoms with E-state index in [0.29, 0.717) is 13.0 Å². The number of likely N-dealkylation sites (tertiary alicyclic amines) is 1. The molecule has 5 nitrogen and oxygen atoms in total. The van der Waals surface area contributed by atoms with Crippen LogP contribution in [0.25, 0.3) is 11.1 Å². The van der Waals surface area contributed by atoms with E-state index in [-0.39, 0.29) is 36.4 Å². The van der Waals surface area contributed by atoms with Gasteiger partial charge in [0.2, 0.25) is 11.8 Å². The smallest absolute Gasteiger partial charge is 0.222 e. The summed E-state index contributed by atoms with van der Waals surface area (Å²) < 4.78 is 0. The van der Waals surface area contributed by atoms with Crippen molar-refractivity contribution in [2.45, 2.75) is 45.2 Å². The van der Waals surface area contributed by atoms with Crippen LogP contribution >= 0.6 is 0 Å². The van der Waals surface area contributed by atoms with Crippen LogP contribution in [0.1, 0.15) is 37.3 Å². The molecule has 3 atom stereocenters. The number of carbonyl (C=O) groups is 2. The maximum atomic E-state index is 12.4. The monoisotopic (exact) mass is 380 g/mol. The topological polar surface area (TPSA) is 69.6 Å². The molecule has 2 N–H and O–H groups in total. The van der Waals surface area contributed by atoms with E-state index in [1.165, 1.54) is 18.1 Å². The van der Waals surface area contributed by atoms with Crippen molar-refractivity contribution in [1.82, 2.24) is 10.2 Å². The van der Waals surface area contributed by atoms with Crippen LogP contribution in [0.4, 0.5) is 0 Å². The maximum absolute atomic E-state index is 12.4. The zero-order valence-corrected chi connectivity index (χ0v) is 16.7. The number of aliphatic hydroxyl groups is 1. The molecule has 0 aromatic heterocycles. The first-order chi connectivity index (χ1) is 13.5. The first-order valence-electron chi connectivity index (χ1n) is 9.80. The minimum atomic E-state index is -0.254. The van der Waals surface area contributed by atoms with Crippen molar-refractivity contribution in [3.8, 4) is 11.1 Å². The molecule has 2 aromatic rings. The van der Waals surface area contributed by atoms with Crippen molar-refractivity contribution in [1.29, 1.82) is 0 Å². The molecule has 3 rings (SSSR count). The number of rotatable bonds is 6. The molecule has 0 saturated carbocycles. The molecule has 2 aromatic carbocycles. The first-order valence-corrected chi connectivity index (χ1v) is 9.80. The van der Waals surface area contributed by atoms with E-state index in [0.717, 1.165) is 11.1 Å². The van der Waals surface area contributed by atoms with Crippen LogP contribution in [0.5, 0.6) is 0 Å². The SMILES string of the molecule is CCC(=O)N1[C@H](CO)[C@H](c2ccc(-c3ccccc3C)cc2)[C@@H]1CNC(C)=O. The van der Waals surface area contributed by atoms with Crippen molar-refractivity contribution >= 4 is 11.8 Å². The highest BCUT2D eigenvalue weighted by Crippen LogP contribution is 2.41. The number of amides is 2. The summed E-state index contributed by atoms with van der Waals surface area (Å²) in [7, 11) is 0. The number of hydrogen-bond acceptors (Lipinski definition) is 3. The molecule has 1 aliphatic rings. The Morgan fingerprint density at radius 3 is 2.32 bits per heavy atom. The highest BCUT2D eigenvalue weighted by molar-refractivity contribution is 5.79. The summed E-state index contributed by atoms with van der Waals surface area (Å²) in [5, 5.41) is 12.7. The molecule has 1 heterocycles. The summed E-state index contributed by atoms with van der Waals surface area (Å²) in [5.41, 5.74) is 4.63. The number of aryl methyl sites for hydroxylation is 1. The summed E-state index contributed by atoms with van der Waals surface area (Å²) in [6.07, 6.45) is 0.381. The van der Waals surface area contributed by atoms with Gasteiger partial charge in [-0.05, 0) is 29.2 Å². The van der Waals surface area contributed by atoms with Gasteiger partial charge in [0, 0.05) is 25.8 Å². The van der Waals surface area contributed by atoms with Gasteiger partial charge in [-0.3, -0.25) is 9.59 Å². The fourth-order valence-electron chi connectivity index (χ4n) is 4.20. The Bertz CT molecular complexity index is 847. The Balaban J connectivity index is 1.87. The second-order valence-electron chi connectivity index (χ2n) is 7.37. The van der Waals surface area contributed by atoms with Crippen LogP contribution in [0, 0.1) is 6.92 Å². The standard InChI is InChI=1S/C23H28N2O3/c1-4-22(28)25-20(13-24-16(3)27)23(21(25)14-26)18-11-9-17(10-12-18)19-8-6-5-7-15(19)2/h5-12,20-21,23,26H,4,13-14H2,1-3H3,(H,24,27)/t20-,21+,23+/m0/s1. The van der Waals surface area contributed by atoms with Crippen LogP contribution in [0.2, 0.25) is 0 Å². The van der Waals surface area contributed by atoms with Crippen LogP contribution in [0.3, 0.4) is 0 Å². The number of aliphatic hydroxyl groups excluding tert-OH is 1. The third-order valence-corrected chi connectivity index (χ3v) is 5.63. The zero-order valence-electron chi connectivity index (χ0n) is 16.7. The van der Waals surface area contributed by atoms with Crippen molar-refractivity contribution < 1.29 is 14.7 Å². The van der Waals surface area contributed by atoms with E-state index >= 15 is 0 Å². The molecule has 0 unspecified atom stereocenters. The van der Waals surface area contributed by atoms with Gasteiger partial charge in [0.15, 0.2) is 0 Å². The molecule has 148 valence electrons. The summed E-state index contributed by atoms with van der Waals surface area (Å²) in [4.78, 5) is 25.5. The zero-order chi connectivity index (χ0) is 20.3. The predicted molar refractivity (Wildman–Crippen MR) is 110 cm³/mol. The number of nitrogens with one attached hydrogen (secondary N) is 1. The highest BCUT2D eigenvalue weighted by atomic mass is 16.3. The van der Waals surface area contributed by atoms with Gasteiger partial charge in [0.1, 0.15) is 0 Å². The second-order valence-corrected chi connectivity index (χ2v) is 7.37. The van der Waals surface area contributed by atoms with E-state index in [9.17, 15) is 14.7 Å². The van der Waals surface area contributed by atoms with Crippen molar-refractivity contribution in [2.75, 3.05) is 13.2 Å².